The molecule has 1 N–H and O–H groups in total. The molecular formula is C26H25N5O3S. The first-order valence-electron chi connectivity index (χ1n) is 10.6. The number of nitrogens with one attached hydrogen (secondary N) is 1. The molecule has 0 aliphatic rings. The fourth-order valence-electron chi connectivity index (χ4n) is 3.86. The predicted octanol–water partition coefficient (Wildman–Crippen LogP) is 4.33. The van der Waals surface area contributed by atoms with Crippen LogP contribution < -0.4 is 15.6 Å². The number of methoxy groups -OCH3 is 1. The standard InChI is InChI=1S/C25H21N5O3S.CH4/c1-15-11-28-17(12-27-15)13-29-24(31)23-21(33-2)20-22(34-23)18-8-3-4-9-19(18)30(25(20)32)14-16-7-5-6-10-26-16;/h3-12H,13-14H2,1-2H3,(H,29,31);1H4. The number of aryl methyl sites for hydroxylation is 1. The van der Waals surface area contributed by atoms with E-state index < -0.39 is 0 Å². The van der Waals surface area contributed by atoms with Gasteiger partial charge in [-0.25, -0.2) is 0 Å². The van der Waals surface area contributed by atoms with Crippen LogP contribution in [0.2, 0.25) is 0 Å². The second-order valence-electron chi connectivity index (χ2n) is 7.73. The Balaban J connectivity index is 0.00000289. The Kier molecular flexibility index (Phi) is 6.88. The van der Waals surface area contributed by atoms with Gasteiger partial charge in [0.2, 0.25) is 0 Å². The molecule has 8 nitrogen and oxygen atoms in total. The van der Waals surface area contributed by atoms with Gasteiger partial charge in [0.15, 0.2) is 5.75 Å². The lowest BCUT2D eigenvalue weighted by Crippen LogP contribution is -2.24. The molecular weight excluding hydrogens is 462 g/mol. The quantitative estimate of drug-likeness (QED) is 0.383. The molecule has 0 fully saturated rings. The summed E-state index contributed by atoms with van der Waals surface area (Å²) in [5, 5.41) is 4.13. The summed E-state index contributed by atoms with van der Waals surface area (Å²) in [4.78, 5) is 40.0. The number of nitrogens with zero attached hydrogens (tertiary/aromatic N) is 4. The van der Waals surface area contributed by atoms with Crippen LogP contribution in [0.4, 0.5) is 0 Å². The van der Waals surface area contributed by atoms with Crippen molar-refractivity contribution in [2.75, 3.05) is 7.11 Å². The highest BCUT2D eigenvalue weighted by Gasteiger charge is 2.25. The predicted molar refractivity (Wildman–Crippen MR) is 138 cm³/mol. The normalized spacial score (nSPS) is 10.8. The Labute approximate surface area is 206 Å². The molecule has 0 aliphatic heterocycles. The first-order chi connectivity index (χ1) is 16.6. The van der Waals surface area contributed by atoms with Crippen molar-refractivity contribution in [2.24, 2.45) is 0 Å². The van der Waals surface area contributed by atoms with Crippen LogP contribution in [0.5, 0.6) is 5.75 Å². The molecule has 0 saturated carbocycles. The zero-order valence-corrected chi connectivity index (χ0v) is 19.4. The van der Waals surface area contributed by atoms with Gasteiger partial charge >= 0.3 is 0 Å². The number of thiophene rings is 1. The molecule has 0 bridgehead atoms. The minimum Gasteiger partial charge on any atom is -0.494 e. The molecule has 0 spiro atoms. The topological polar surface area (TPSA) is 99.0 Å². The van der Waals surface area contributed by atoms with E-state index in [1.165, 1.54) is 18.4 Å². The molecule has 178 valence electrons. The monoisotopic (exact) mass is 487 g/mol. The summed E-state index contributed by atoms with van der Waals surface area (Å²) in [6.45, 7) is 2.37. The minimum absolute atomic E-state index is 0. The summed E-state index contributed by atoms with van der Waals surface area (Å²) in [5.41, 5.74) is 2.75. The summed E-state index contributed by atoms with van der Waals surface area (Å²) < 4.78 is 8.01. The van der Waals surface area contributed by atoms with Crippen LogP contribution in [-0.2, 0) is 13.1 Å². The van der Waals surface area contributed by atoms with E-state index in [0.717, 1.165) is 27.0 Å². The van der Waals surface area contributed by atoms with Crippen molar-refractivity contribution in [3.05, 3.63) is 93.4 Å². The Bertz CT molecular complexity index is 1560. The van der Waals surface area contributed by atoms with Gasteiger partial charge in [0.05, 0.1) is 53.7 Å². The number of hydrogen-bond donors (Lipinski definition) is 1. The van der Waals surface area contributed by atoms with E-state index in [2.05, 4.69) is 20.3 Å². The molecule has 5 rings (SSSR count). The number of pyridine rings is 2. The minimum atomic E-state index is -0.333. The van der Waals surface area contributed by atoms with Gasteiger partial charge in [0.25, 0.3) is 11.5 Å². The van der Waals surface area contributed by atoms with E-state index in [-0.39, 0.29) is 31.2 Å². The lowest BCUT2D eigenvalue weighted by molar-refractivity contribution is 0.0952. The van der Waals surface area contributed by atoms with Crippen molar-refractivity contribution < 1.29 is 9.53 Å². The van der Waals surface area contributed by atoms with Crippen molar-refractivity contribution in [1.82, 2.24) is 24.8 Å². The van der Waals surface area contributed by atoms with Crippen LogP contribution in [-0.4, -0.2) is 32.5 Å². The average molecular weight is 488 g/mol. The van der Waals surface area contributed by atoms with Gasteiger partial charge in [0.1, 0.15) is 10.3 Å². The largest absolute Gasteiger partial charge is 0.494 e. The molecule has 0 radical (unpaired) electrons. The number of carbonyl (C=O) groups excluding carboxylic acids is 1. The zero-order valence-electron chi connectivity index (χ0n) is 18.6. The van der Waals surface area contributed by atoms with Crippen LogP contribution >= 0.6 is 11.3 Å². The number of para-hydroxylation sites is 1. The lowest BCUT2D eigenvalue weighted by atomic mass is 10.1. The molecule has 1 amide bonds. The van der Waals surface area contributed by atoms with E-state index in [1.807, 2.05) is 49.4 Å². The number of hydrogen-bond acceptors (Lipinski definition) is 7. The molecule has 1 aromatic carbocycles. The molecule has 0 atom stereocenters. The smallest absolute Gasteiger partial charge is 0.265 e. The van der Waals surface area contributed by atoms with Gasteiger partial charge in [-0.2, -0.15) is 0 Å². The van der Waals surface area contributed by atoms with Gasteiger partial charge < -0.3 is 14.6 Å². The van der Waals surface area contributed by atoms with Crippen molar-refractivity contribution in [3.63, 3.8) is 0 Å². The molecule has 35 heavy (non-hydrogen) atoms. The van der Waals surface area contributed by atoms with Gasteiger partial charge in [-0.05, 0) is 25.1 Å². The summed E-state index contributed by atoms with van der Waals surface area (Å²) in [7, 11) is 1.47. The number of amides is 1. The maximum Gasteiger partial charge on any atom is 0.265 e. The Morgan fingerprint density at radius 3 is 2.57 bits per heavy atom. The maximum absolute atomic E-state index is 13.7. The van der Waals surface area contributed by atoms with E-state index in [4.69, 9.17) is 4.74 Å². The molecule has 0 unspecified atom stereocenters. The molecule has 4 heterocycles. The number of rotatable bonds is 6. The van der Waals surface area contributed by atoms with Crippen molar-refractivity contribution in [2.45, 2.75) is 27.4 Å². The number of aromatic nitrogens is 4. The maximum atomic E-state index is 13.7. The highest BCUT2D eigenvalue weighted by molar-refractivity contribution is 7.22. The number of benzene rings is 1. The highest BCUT2D eigenvalue weighted by atomic mass is 32.1. The van der Waals surface area contributed by atoms with Gasteiger partial charge in [-0.15, -0.1) is 11.3 Å². The number of fused-ring (bicyclic) bond motifs is 3. The number of carbonyl (C=O) groups is 1. The van der Waals surface area contributed by atoms with Gasteiger partial charge in [0, 0.05) is 17.8 Å². The van der Waals surface area contributed by atoms with Crippen LogP contribution in [0.15, 0.2) is 65.8 Å². The Hall–Kier alpha value is -4.11. The summed E-state index contributed by atoms with van der Waals surface area (Å²) in [6.07, 6.45) is 4.98. The number of ether oxygens (including phenoxy) is 1. The Morgan fingerprint density at radius 2 is 1.86 bits per heavy atom. The van der Waals surface area contributed by atoms with Crippen LogP contribution in [0.1, 0.15) is 34.2 Å². The lowest BCUT2D eigenvalue weighted by Gasteiger charge is -2.11. The second-order valence-corrected chi connectivity index (χ2v) is 8.75. The third-order valence-corrected chi connectivity index (χ3v) is 6.69. The third kappa shape index (κ3) is 4.50. The van der Waals surface area contributed by atoms with Gasteiger partial charge in [-0.1, -0.05) is 31.7 Å². The molecule has 5 aromatic rings. The summed E-state index contributed by atoms with van der Waals surface area (Å²) >= 11 is 1.25. The average Bonchev–Trinajstić information content (AvgIpc) is 3.27. The fraction of sp³-hybridized carbons (Fsp3) is 0.192. The highest BCUT2D eigenvalue weighted by Crippen LogP contribution is 2.39. The van der Waals surface area contributed by atoms with Crippen LogP contribution in [0.25, 0.3) is 21.0 Å². The van der Waals surface area contributed by atoms with E-state index in [0.29, 0.717) is 22.5 Å². The molecule has 0 saturated heterocycles. The van der Waals surface area contributed by atoms with Gasteiger partial charge in [-0.3, -0.25) is 24.5 Å². The van der Waals surface area contributed by atoms with E-state index in [1.54, 1.807) is 23.2 Å². The summed E-state index contributed by atoms with van der Waals surface area (Å²) in [6, 6.07) is 13.3. The Morgan fingerprint density at radius 1 is 1.06 bits per heavy atom. The summed E-state index contributed by atoms with van der Waals surface area (Å²) in [5.74, 6) is -0.0572. The van der Waals surface area contributed by atoms with Crippen molar-refractivity contribution in [3.8, 4) is 5.75 Å². The fourth-order valence-corrected chi connectivity index (χ4v) is 5.07. The van der Waals surface area contributed by atoms with Crippen LogP contribution in [0.3, 0.4) is 0 Å². The van der Waals surface area contributed by atoms with E-state index in [9.17, 15) is 9.59 Å². The third-order valence-electron chi connectivity index (χ3n) is 5.48. The zero-order chi connectivity index (χ0) is 23.7. The second kappa shape index (κ2) is 10.0. The van der Waals surface area contributed by atoms with Crippen molar-refractivity contribution >= 4 is 38.2 Å². The molecule has 0 aliphatic carbocycles. The van der Waals surface area contributed by atoms with Crippen molar-refractivity contribution in [1.29, 1.82) is 0 Å². The first-order valence-corrected chi connectivity index (χ1v) is 11.5. The first kappa shape index (κ1) is 24.0. The molecule has 4 aromatic heterocycles. The SMILES string of the molecule is C.COc1c(C(=O)NCc2cnc(C)cn2)sc2c1c(=O)n(Cc1ccccn1)c1ccccc21. The van der Waals surface area contributed by atoms with E-state index >= 15 is 0 Å². The van der Waals surface area contributed by atoms with Crippen LogP contribution in [0, 0.1) is 6.92 Å². The molecule has 9 heteroatoms.